The zero-order chi connectivity index (χ0) is 20.9. The number of nitrogens with zero attached hydrogens (tertiary/aromatic N) is 4. The molecule has 0 atom stereocenters. The Bertz CT molecular complexity index is 1180. The predicted octanol–water partition coefficient (Wildman–Crippen LogP) is 4.64. The smallest absolute Gasteiger partial charge is 0.331 e. The molecule has 2 aromatic carbocycles. The largest absolute Gasteiger partial charge is 0.452 e. The van der Waals surface area contributed by atoms with Gasteiger partial charge in [-0.15, -0.1) is 10.2 Å². The van der Waals surface area contributed by atoms with Gasteiger partial charge in [0.25, 0.3) is 5.89 Å². The Balaban J connectivity index is 1.58. The van der Waals surface area contributed by atoms with E-state index in [1.165, 1.54) is 6.08 Å². The molecule has 0 radical (unpaired) electrons. The lowest BCUT2D eigenvalue weighted by Gasteiger charge is -2.01. The van der Waals surface area contributed by atoms with Crippen molar-refractivity contribution < 1.29 is 13.9 Å². The molecule has 0 aliphatic rings. The minimum Gasteiger partial charge on any atom is -0.452 e. The molecule has 0 aliphatic carbocycles. The number of carbonyl (C=O) groups excluding carboxylic acids is 1. The second-order valence-corrected chi connectivity index (χ2v) is 6.81. The van der Waals surface area contributed by atoms with E-state index in [4.69, 9.17) is 25.9 Å². The van der Waals surface area contributed by atoms with E-state index >= 15 is 0 Å². The van der Waals surface area contributed by atoms with Crippen molar-refractivity contribution in [2.75, 3.05) is 0 Å². The molecule has 30 heavy (non-hydrogen) atoms. The Kier molecular flexibility index (Phi) is 5.72. The molecule has 0 saturated carbocycles. The minimum absolute atomic E-state index is 0.0860. The van der Waals surface area contributed by atoms with Crippen LogP contribution in [0.4, 0.5) is 0 Å². The third-order valence-corrected chi connectivity index (χ3v) is 4.44. The van der Waals surface area contributed by atoms with E-state index in [2.05, 4.69) is 10.2 Å². The summed E-state index contributed by atoms with van der Waals surface area (Å²) in [6, 6.07) is 17.1. The Hall–Kier alpha value is -3.71. The highest BCUT2D eigenvalue weighted by atomic mass is 35.5. The number of esters is 1. The van der Waals surface area contributed by atoms with Gasteiger partial charge in [-0.1, -0.05) is 41.9 Å². The Morgan fingerprint density at radius 1 is 1.13 bits per heavy atom. The van der Waals surface area contributed by atoms with Crippen LogP contribution >= 0.6 is 11.6 Å². The van der Waals surface area contributed by atoms with Crippen molar-refractivity contribution in [2.45, 2.75) is 13.5 Å². The minimum atomic E-state index is -0.527. The van der Waals surface area contributed by atoms with Crippen LogP contribution in [0.5, 0.6) is 0 Å². The number of aryl methyl sites for hydroxylation is 1. The van der Waals surface area contributed by atoms with E-state index < -0.39 is 5.97 Å². The summed E-state index contributed by atoms with van der Waals surface area (Å²) >= 11 is 6.01. The second-order valence-electron chi connectivity index (χ2n) is 6.38. The molecule has 0 unspecified atom stereocenters. The highest BCUT2D eigenvalue weighted by molar-refractivity contribution is 6.30. The molecule has 0 amide bonds. The first-order chi connectivity index (χ1) is 14.6. The Morgan fingerprint density at radius 2 is 1.90 bits per heavy atom. The molecule has 8 heteroatoms. The first-order valence-electron chi connectivity index (χ1n) is 9.13. The molecule has 4 rings (SSSR count). The maximum atomic E-state index is 12.1. The zero-order valence-electron chi connectivity index (χ0n) is 16.0. The molecule has 0 N–H and O–H groups in total. The van der Waals surface area contributed by atoms with E-state index in [1.54, 1.807) is 29.8 Å². The maximum Gasteiger partial charge on any atom is 0.331 e. The number of benzene rings is 2. The van der Waals surface area contributed by atoms with Gasteiger partial charge in [-0.25, -0.2) is 9.48 Å². The molecule has 4 aromatic rings. The first-order valence-corrected chi connectivity index (χ1v) is 9.51. The van der Waals surface area contributed by atoms with Crippen LogP contribution in [0.3, 0.4) is 0 Å². The van der Waals surface area contributed by atoms with Crippen molar-refractivity contribution >= 4 is 23.6 Å². The van der Waals surface area contributed by atoms with Gasteiger partial charge in [0.1, 0.15) is 0 Å². The molecule has 150 valence electrons. The lowest BCUT2D eigenvalue weighted by Crippen LogP contribution is -2.01. The Morgan fingerprint density at radius 3 is 2.60 bits per heavy atom. The lowest BCUT2D eigenvalue weighted by atomic mass is 10.1. The fraction of sp³-hybridized carbons (Fsp3) is 0.0909. The topological polar surface area (TPSA) is 83.0 Å². The molecule has 2 aromatic heterocycles. The summed E-state index contributed by atoms with van der Waals surface area (Å²) in [7, 11) is 0. The van der Waals surface area contributed by atoms with Gasteiger partial charge < -0.3 is 9.15 Å². The Labute approximate surface area is 177 Å². The van der Waals surface area contributed by atoms with Gasteiger partial charge in [0.05, 0.1) is 11.4 Å². The summed E-state index contributed by atoms with van der Waals surface area (Å²) in [5.74, 6) is 0.130. The van der Waals surface area contributed by atoms with Crippen molar-refractivity contribution in [1.29, 1.82) is 0 Å². The van der Waals surface area contributed by atoms with Gasteiger partial charge in [0.15, 0.2) is 6.61 Å². The molecule has 2 heterocycles. The van der Waals surface area contributed by atoms with Gasteiger partial charge in [0, 0.05) is 35.3 Å². The molecule has 0 saturated heterocycles. The van der Waals surface area contributed by atoms with Crippen LogP contribution in [0.25, 0.3) is 23.0 Å². The van der Waals surface area contributed by atoms with Crippen LogP contribution in [0.2, 0.25) is 5.02 Å². The zero-order valence-corrected chi connectivity index (χ0v) is 16.8. The average Bonchev–Trinajstić information content (AvgIpc) is 3.38. The van der Waals surface area contributed by atoms with E-state index in [-0.39, 0.29) is 12.5 Å². The van der Waals surface area contributed by atoms with Gasteiger partial charge in [-0.3, -0.25) is 0 Å². The van der Waals surface area contributed by atoms with Gasteiger partial charge >= 0.3 is 5.97 Å². The number of hydrogen-bond donors (Lipinski definition) is 0. The van der Waals surface area contributed by atoms with E-state index in [1.807, 2.05) is 48.7 Å². The molecule has 0 bridgehead atoms. The van der Waals surface area contributed by atoms with E-state index in [0.717, 1.165) is 16.8 Å². The number of hydrogen-bond acceptors (Lipinski definition) is 6. The fourth-order valence-electron chi connectivity index (χ4n) is 2.79. The lowest BCUT2D eigenvalue weighted by molar-refractivity contribution is -0.139. The van der Waals surface area contributed by atoms with Gasteiger partial charge in [-0.2, -0.15) is 5.10 Å². The summed E-state index contributed by atoms with van der Waals surface area (Å²) in [5, 5.41) is 12.8. The van der Waals surface area contributed by atoms with E-state index in [9.17, 15) is 4.79 Å². The van der Waals surface area contributed by atoms with Crippen LogP contribution in [0.15, 0.2) is 71.3 Å². The number of carbonyl (C=O) groups is 1. The number of aromatic nitrogens is 4. The molecule has 0 spiro atoms. The number of rotatable bonds is 6. The van der Waals surface area contributed by atoms with Gasteiger partial charge in [0.2, 0.25) is 5.89 Å². The number of halogens is 1. The molecular weight excluding hydrogens is 404 g/mol. The van der Waals surface area contributed by atoms with Crippen molar-refractivity contribution in [3.63, 3.8) is 0 Å². The quantitative estimate of drug-likeness (QED) is 0.334. The summed E-state index contributed by atoms with van der Waals surface area (Å²) < 4.78 is 12.1. The fourth-order valence-corrected chi connectivity index (χ4v) is 2.91. The van der Waals surface area contributed by atoms with Crippen LogP contribution in [-0.4, -0.2) is 25.9 Å². The normalized spacial score (nSPS) is 11.1. The highest BCUT2D eigenvalue weighted by Crippen LogP contribution is 2.26. The number of ether oxygens (including phenoxy) is 1. The van der Waals surface area contributed by atoms with Crippen LogP contribution in [0.1, 0.15) is 17.3 Å². The summed E-state index contributed by atoms with van der Waals surface area (Å²) in [6.07, 6.45) is 4.86. The van der Waals surface area contributed by atoms with Crippen LogP contribution in [0, 0.1) is 6.92 Å². The SMILES string of the molecule is Cc1nnc(COC(=O)/C=C/c2cn(-c3ccccc3)nc2-c2ccc(Cl)cc2)o1. The number of para-hydroxylation sites is 1. The molecule has 0 fully saturated rings. The second kappa shape index (κ2) is 8.75. The third kappa shape index (κ3) is 4.64. The summed E-state index contributed by atoms with van der Waals surface area (Å²) in [4.78, 5) is 12.1. The summed E-state index contributed by atoms with van der Waals surface area (Å²) in [5.41, 5.74) is 3.25. The highest BCUT2D eigenvalue weighted by Gasteiger charge is 2.12. The molecule has 0 aliphatic heterocycles. The maximum absolute atomic E-state index is 12.1. The first kappa shape index (κ1) is 19.6. The average molecular weight is 421 g/mol. The van der Waals surface area contributed by atoms with Crippen molar-refractivity contribution in [3.05, 3.63) is 89.2 Å². The summed E-state index contributed by atoms with van der Waals surface area (Å²) in [6.45, 7) is 1.58. The monoisotopic (exact) mass is 420 g/mol. The molecular formula is C22H17ClN4O3. The predicted molar refractivity (Wildman–Crippen MR) is 112 cm³/mol. The van der Waals surface area contributed by atoms with Crippen molar-refractivity contribution in [2.24, 2.45) is 0 Å². The standard InChI is InChI=1S/C22H17ClN4O3/c1-15-24-25-20(30-15)14-29-21(28)12-9-17-13-27(19-5-3-2-4-6-19)26-22(17)16-7-10-18(23)11-8-16/h2-13H,14H2,1H3/b12-9+. The van der Waals surface area contributed by atoms with Gasteiger partial charge in [-0.05, 0) is 30.3 Å². The van der Waals surface area contributed by atoms with Crippen molar-refractivity contribution in [1.82, 2.24) is 20.0 Å². The van der Waals surface area contributed by atoms with Crippen LogP contribution < -0.4 is 0 Å². The van der Waals surface area contributed by atoms with Crippen molar-refractivity contribution in [3.8, 4) is 16.9 Å². The van der Waals surface area contributed by atoms with E-state index in [0.29, 0.717) is 16.6 Å². The molecule has 7 nitrogen and oxygen atoms in total. The van der Waals surface area contributed by atoms with Crippen LogP contribution in [-0.2, 0) is 16.1 Å². The third-order valence-electron chi connectivity index (χ3n) is 4.19.